The molecule has 0 saturated heterocycles. The maximum absolute atomic E-state index is 10.9. The van der Waals surface area contributed by atoms with Crippen molar-refractivity contribution in [1.29, 1.82) is 5.26 Å². The third kappa shape index (κ3) is 2.81. The standard InChI is InChI=1S/C15H14N2O2S/c1-9-4-3-5-13(12(9)7-16)17-8-11-6-14(15(18)19)20-10(11)2/h3-6,17H,8H2,1-2H3,(H,18,19). The van der Waals surface area contributed by atoms with E-state index in [0.717, 1.165) is 21.7 Å². The SMILES string of the molecule is Cc1cccc(NCc2cc(C(=O)O)sc2C)c1C#N. The van der Waals surface area contributed by atoms with Gasteiger partial charge in [-0.15, -0.1) is 11.3 Å². The van der Waals surface area contributed by atoms with Gasteiger partial charge in [0.2, 0.25) is 0 Å². The number of carboxylic acids is 1. The molecule has 2 N–H and O–H groups in total. The number of nitrogens with zero attached hydrogens (tertiary/aromatic N) is 1. The van der Waals surface area contributed by atoms with Crippen LogP contribution < -0.4 is 5.32 Å². The van der Waals surface area contributed by atoms with Gasteiger partial charge in [-0.2, -0.15) is 5.26 Å². The molecule has 2 aromatic rings. The minimum absolute atomic E-state index is 0.337. The summed E-state index contributed by atoms with van der Waals surface area (Å²) in [6.45, 7) is 4.30. The van der Waals surface area contributed by atoms with E-state index in [1.165, 1.54) is 11.3 Å². The first kappa shape index (κ1) is 14.1. The zero-order valence-corrected chi connectivity index (χ0v) is 12.0. The predicted octanol–water partition coefficient (Wildman–Crippen LogP) is 3.55. The van der Waals surface area contributed by atoms with Gasteiger partial charge in [-0.05, 0) is 37.1 Å². The summed E-state index contributed by atoms with van der Waals surface area (Å²) in [7, 11) is 0. The topological polar surface area (TPSA) is 73.1 Å². The number of nitrogens with one attached hydrogen (secondary N) is 1. The molecule has 0 fully saturated rings. The van der Waals surface area contributed by atoms with Crippen LogP contribution in [0, 0.1) is 25.2 Å². The van der Waals surface area contributed by atoms with Gasteiger partial charge in [0.1, 0.15) is 10.9 Å². The second-order valence-corrected chi connectivity index (χ2v) is 5.72. The highest BCUT2D eigenvalue weighted by molar-refractivity contribution is 7.14. The lowest BCUT2D eigenvalue weighted by Gasteiger charge is -2.09. The number of benzene rings is 1. The van der Waals surface area contributed by atoms with Crippen molar-refractivity contribution >= 4 is 23.0 Å². The fraction of sp³-hybridized carbons (Fsp3) is 0.200. The second kappa shape index (κ2) is 5.76. The average molecular weight is 286 g/mol. The van der Waals surface area contributed by atoms with Crippen LogP contribution in [-0.4, -0.2) is 11.1 Å². The Bertz CT molecular complexity index is 698. The van der Waals surface area contributed by atoms with Crippen LogP contribution in [0.2, 0.25) is 0 Å². The molecule has 0 aliphatic heterocycles. The van der Waals surface area contributed by atoms with Crippen LogP contribution in [0.5, 0.6) is 0 Å². The molecule has 1 heterocycles. The van der Waals surface area contributed by atoms with Gasteiger partial charge < -0.3 is 10.4 Å². The van der Waals surface area contributed by atoms with Crippen LogP contribution in [0.3, 0.4) is 0 Å². The van der Waals surface area contributed by atoms with Gasteiger partial charge >= 0.3 is 5.97 Å². The smallest absolute Gasteiger partial charge is 0.345 e. The summed E-state index contributed by atoms with van der Waals surface area (Å²) < 4.78 is 0. The van der Waals surface area contributed by atoms with Crippen LogP contribution in [0.4, 0.5) is 5.69 Å². The summed E-state index contributed by atoms with van der Waals surface area (Å²) in [5, 5.41) is 21.3. The third-order valence-corrected chi connectivity index (χ3v) is 4.17. The number of aryl methyl sites for hydroxylation is 2. The molecule has 5 heteroatoms. The van der Waals surface area contributed by atoms with E-state index in [-0.39, 0.29) is 0 Å². The van der Waals surface area contributed by atoms with Crippen LogP contribution >= 0.6 is 11.3 Å². The molecular weight excluding hydrogens is 272 g/mol. The molecule has 1 aromatic carbocycles. The summed E-state index contributed by atoms with van der Waals surface area (Å²) in [5.74, 6) is -0.905. The number of rotatable bonds is 4. The van der Waals surface area contributed by atoms with Gasteiger partial charge in [0.05, 0.1) is 11.3 Å². The molecule has 0 aliphatic carbocycles. The maximum Gasteiger partial charge on any atom is 0.345 e. The number of carbonyl (C=O) groups is 1. The third-order valence-electron chi connectivity index (χ3n) is 3.09. The molecule has 0 unspecified atom stereocenters. The van der Waals surface area contributed by atoms with Gasteiger partial charge in [-0.25, -0.2) is 4.79 Å². The summed E-state index contributed by atoms with van der Waals surface area (Å²) >= 11 is 1.27. The van der Waals surface area contributed by atoms with E-state index < -0.39 is 5.97 Å². The highest BCUT2D eigenvalue weighted by Gasteiger charge is 2.11. The van der Waals surface area contributed by atoms with Gasteiger partial charge in [-0.3, -0.25) is 0 Å². The molecule has 1 aromatic heterocycles. The number of thiophene rings is 1. The van der Waals surface area contributed by atoms with E-state index in [1.807, 2.05) is 32.0 Å². The van der Waals surface area contributed by atoms with Crippen LogP contribution in [-0.2, 0) is 6.54 Å². The fourth-order valence-corrected chi connectivity index (χ4v) is 2.84. The number of carboxylic acid groups (broad SMARTS) is 1. The van der Waals surface area contributed by atoms with Gasteiger partial charge in [0.25, 0.3) is 0 Å². The minimum atomic E-state index is -0.905. The zero-order valence-electron chi connectivity index (χ0n) is 11.2. The largest absolute Gasteiger partial charge is 0.477 e. The van der Waals surface area contributed by atoms with Crippen molar-refractivity contribution in [3.8, 4) is 6.07 Å². The Kier molecular flexibility index (Phi) is 4.06. The van der Waals surface area contributed by atoms with Crippen molar-refractivity contribution in [3.63, 3.8) is 0 Å². The molecule has 0 saturated carbocycles. The Balaban J connectivity index is 2.20. The maximum atomic E-state index is 10.9. The summed E-state index contributed by atoms with van der Waals surface area (Å²) in [6.07, 6.45) is 0. The molecule has 0 aliphatic rings. The number of hydrogen-bond acceptors (Lipinski definition) is 4. The van der Waals surface area contributed by atoms with E-state index >= 15 is 0 Å². The van der Waals surface area contributed by atoms with Crippen molar-refractivity contribution in [3.05, 3.63) is 50.7 Å². The predicted molar refractivity (Wildman–Crippen MR) is 79.2 cm³/mol. The van der Waals surface area contributed by atoms with Crippen LogP contribution in [0.15, 0.2) is 24.3 Å². The quantitative estimate of drug-likeness (QED) is 0.901. The summed E-state index contributed by atoms with van der Waals surface area (Å²) in [6, 6.07) is 9.50. The van der Waals surface area contributed by atoms with E-state index in [2.05, 4.69) is 11.4 Å². The summed E-state index contributed by atoms with van der Waals surface area (Å²) in [5.41, 5.74) is 3.26. The lowest BCUT2D eigenvalue weighted by Crippen LogP contribution is -2.02. The number of anilines is 1. The first-order chi connectivity index (χ1) is 9.52. The molecule has 0 bridgehead atoms. The van der Waals surface area contributed by atoms with Gasteiger partial charge in [0.15, 0.2) is 0 Å². The normalized spacial score (nSPS) is 10.1. The van der Waals surface area contributed by atoms with Crippen molar-refractivity contribution < 1.29 is 9.90 Å². The van der Waals surface area contributed by atoms with E-state index in [0.29, 0.717) is 17.0 Å². The molecule has 0 amide bonds. The van der Waals surface area contributed by atoms with E-state index in [4.69, 9.17) is 10.4 Å². The molecular formula is C15H14N2O2S. The molecule has 20 heavy (non-hydrogen) atoms. The van der Waals surface area contributed by atoms with Crippen molar-refractivity contribution in [2.45, 2.75) is 20.4 Å². The Morgan fingerprint density at radius 3 is 2.80 bits per heavy atom. The first-order valence-electron chi connectivity index (χ1n) is 6.09. The molecule has 2 rings (SSSR count). The molecule has 0 atom stereocenters. The number of nitriles is 1. The van der Waals surface area contributed by atoms with Crippen molar-refractivity contribution in [2.75, 3.05) is 5.32 Å². The first-order valence-corrected chi connectivity index (χ1v) is 6.90. The lowest BCUT2D eigenvalue weighted by atomic mass is 10.1. The highest BCUT2D eigenvalue weighted by atomic mass is 32.1. The van der Waals surface area contributed by atoms with E-state index in [1.54, 1.807) is 6.07 Å². The highest BCUT2D eigenvalue weighted by Crippen LogP contribution is 2.24. The summed E-state index contributed by atoms with van der Waals surface area (Å²) in [4.78, 5) is 12.2. The number of hydrogen-bond donors (Lipinski definition) is 2. The van der Waals surface area contributed by atoms with Crippen molar-refractivity contribution in [2.24, 2.45) is 0 Å². The van der Waals surface area contributed by atoms with E-state index in [9.17, 15) is 4.79 Å². The van der Waals surface area contributed by atoms with Crippen LogP contribution in [0.1, 0.15) is 31.2 Å². The molecule has 102 valence electrons. The van der Waals surface area contributed by atoms with Crippen molar-refractivity contribution in [1.82, 2.24) is 0 Å². The average Bonchev–Trinajstić information content (AvgIpc) is 2.78. The Morgan fingerprint density at radius 2 is 2.20 bits per heavy atom. The Hall–Kier alpha value is -2.32. The molecule has 4 nitrogen and oxygen atoms in total. The van der Waals surface area contributed by atoms with Gasteiger partial charge in [-0.1, -0.05) is 12.1 Å². The second-order valence-electron chi connectivity index (χ2n) is 4.46. The minimum Gasteiger partial charge on any atom is -0.477 e. The zero-order chi connectivity index (χ0) is 14.7. The Morgan fingerprint density at radius 1 is 1.45 bits per heavy atom. The molecule has 0 radical (unpaired) electrons. The fourth-order valence-electron chi connectivity index (χ4n) is 1.95. The lowest BCUT2D eigenvalue weighted by molar-refractivity contribution is 0.0702. The Labute approximate surface area is 121 Å². The monoisotopic (exact) mass is 286 g/mol. The molecule has 0 spiro atoms. The number of aromatic carboxylic acids is 1. The van der Waals surface area contributed by atoms with Crippen LogP contribution in [0.25, 0.3) is 0 Å². The van der Waals surface area contributed by atoms with Gasteiger partial charge in [0, 0.05) is 11.4 Å².